The first kappa shape index (κ1) is 74.2. The van der Waals surface area contributed by atoms with Crippen molar-refractivity contribution in [3.05, 3.63) is 85.1 Å². The molecule has 0 aromatic rings. The van der Waals surface area contributed by atoms with Gasteiger partial charge < -0.3 is 28.5 Å². The zero-order valence-corrected chi connectivity index (χ0v) is 51.8. The molecule has 0 aromatic heterocycles. The van der Waals surface area contributed by atoms with Crippen molar-refractivity contribution in [3.8, 4) is 0 Å². The number of phosphoric acid groups is 1. The van der Waals surface area contributed by atoms with Gasteiger partial charge in [0.15, 0.2) is 0 Å². The minimum Gasteiger partial charge on any atom is -0.756 e. The van der Waals surface area contributed by atoms with Gasteiger partial charge in [-0.1, -0.05) is 260 Å². The molecule has 0 heterocycles. The number of carbonyl (C=O) groups is 2. The van der Waals surface area contributed by atoms with Crippen LogP contribution in [-0.2, 0) is 27.9 Å². The normalized spacial score (nSPS) is 14.2. The van der Waals surface area contributed by atoms with E-state index >= 15 is 0 Å². The molecule has 0 saturated heterocycles. The average molecular weight is 1100 g/mol. The standard InChI is InChI=1S/C67H121N2O7P/c1-7-10-13-16-19-22-25-27-28-29-30-31-32-33-34-35-36-37-38-39-40-42-44-47-50-53-56-59-66(70)68-64(63-75-77(72,73)74-62-61-69(4,5)6)65(58-55-52-49-46-43-24-21-18-15-12-9-3)76-67(71)60-57-54-51-48-45-41-26-23-20-17-14-11-8-2/h11,14,17,19-20,22-23,26-28,30-31,55,58,64-65H,7-10,12-13,15-16,18,21,24-25,29,32-54,56-57,59-63H2,1-6H3,(H-,68,70,72,73)/b14-11+,20-17+,22-19-,26-23-,28-27-,31-30-,58-55-. The predicted molar refractivity (Wildman–Crippen MR) is 330 cm³/mol. The van der Waals surface area contributed by atoms with Gasteiger partial charge in [-0.05, 0) is 89.5 Å². The largest absolute Gasteiger partial charge is 0.756 e. The highest BCUT2D eigenvalue weighted by Crippen LogP contribution is 2.38. The Hall–Kier alpha value is -2.81. The highest BCUT2D eigenvalue weighted by atomic mass is 31.2. The number of esters is 1. The number of hydrogen-bond acceptors (Lipinski definition) is 7. The highest BCUT2D eigenvalue weighted by molar-refractivity contribution is 7.45. The maximum Gasteiger partial charge on any atom is 0.306 e. The number of ether oxygens (including phenoxy) is 1. The Morgan fingerprint density at radius 1 is 0.481 bits per heavy atom. The van der Waals surface area contributed by atoms with Gasteiger partial charge in [0.25, 0.3) is 7.82 Å². The Kier molecular flexibility index (Phi) is 54.4. The summed E-state index contributed by atoms with van der Waals surface area (Å²) in [4.78, 5) is 39.9. The van der Waals surface area contributed by atoms with Crippen molar-refractivity contribution in [1.82, 2.24) is 5.32 Å². The number of phosphoric ester groups is 1. The number of nitrogens with one attached hydrogen (secondary N) is 1. The Morgan fingerprint density at radius 3 is 1.38 bits per heavy atom. The van der Waals surface area contributed by atoms with Gasteiger partial charge in [0.05, 0.1) is 33.8 Å². The summed E-state index contributed by atoms with van der Waals surface area (Å²) in [5.74, 6) is -0.565. The van der Waals surface area contributed by atoms with E-state index in [0.717, 1.165) is 89.9 Å². The molecule has 446 valence electrons. The molecule has 1 amide bonds. The van der Waals surface area contributed by atoms with Crippen LogP contribution in [0.5, 0.6) is 0 Å². The molecule has 0 aromatic carbocycles. The van der Waals surface area contributed by atoms with E-state index in [-0.39, 0.29) is 24.9 Å². The lowest BCUT2D eigenvalue weighted by molar-refractivity contribution is -0.870. The molecule has 0 spiro atoms. The molecule has 77 heavy (non-hydrogen) atoms. The summed E-state index contributed by atoms with van der Waals surface area (Å²) in [5.41, 5.74) is 0. The van der Waals surface area contributed by atoms with Crippen molar-refractivity contribution in [2.24, 2.45) is 0 Å². The molecule has 0 aliphatic rings. The molecule has 3 atom stereocenters. The molecule has 10 heteroatoms. The van der Waals surface area contributed by atoms with Crippen molar-refractivity contribution in [1.29, 1.82) is 0 Å². The second-order valence-electron chi connectivity index (χ2n) is 22.6. The van der Waals surface area contributed by atoms with Crippen LogP contribution in [-0.4, -0.2) is 69.4 Å². The number of hydrogen-bond donors (Lipinski definition) is 1. The summed E-state index contributed by atoms with van der Waals surface area (Å²) in [6, 6.07) is -0.900. The van der Waals surface area contributed by atoms with E-state index in [1.165, 1.54) is 148 Å². The fraction of sp³-hybridized carbons (Fsp3) is 0.761. The maximum atomic E-state index is 13.5. The van der Waals surface area contributed by atoms with Gasteiger partial charge in [0, 0.05) is 12.8 Å². The van der Waals surface area contributed by atoms with Gasteiger partial charge in [-0.3, -0.25) is 14.2 Å². The molecule has 0 saturated carbocycles. The summed E-state index contributed by atoms with van der Waals surface area (Å²) < 4.78 is 30.3. The number of unbranched alkanes of at least 4 members (excludes halogenated alkanes) is 31. The molecule has 0 rings (SSSR count). The first-order chi connectivity index (χ1) is 37.4. The first-order valence-corrected chi connectivity index (χ1v) is 33.4. The quantitative estimate of drug-likeness (QED) is 0.0161. The number of allylic oxidation sites excluding steroid dienone is 13. The van der Waals surface area contributed by atoms with Crippen LogP contribution >= 0.6 is 7.82 Å². The fourth-order valence-corrected chi connectivity index (χ4v) is 9.66. The van der Waals surface area contributed by atoms with Crippen molar-refractivity contribution >= 4 is 19.7 Å². The van der Waals surface area contributed by atoms with Gasteiger partial charge in [0.1, 0.15) is 19.3 Å². The second kappa shape index (κ2) is 56.5. The fourth-order valence-electron chi connectivity index (χ4n) is 8.94. The molecule has 0 fully saturated rings. The van der Waals surface area contributed by atoms with Crippen molar-refractivity contribution in [3.63, 3.8) is 0 Å². The molecular weight excluding hydrogens is 976 g/mol. The van der Waals surface area contributed by atoms with Crippen LogP contribution in [0.2, 0.25) is 0 Å². The Bertz CT molecular complexity index is 1590. The van der Waals surface area contributed by atoms with E-state index in [1.807, 2.05) is 33.3 Å². The molecular formula is C67H121N2O7P. The third-order valence-electron chi connectivity index (χ3n) is 13.9. The van der Waals surface area contributed by atoms with Gasteiger partial charge in [-0.2, -0.15) is 0 Å². The van der Waals surface area contributed by atoms with Crippen LogP contribution in [0.15, 0.2) is 85.1 Å². The molecule has 1 N–H and O–H groups in total. The smallest absolute Gasteiger partial charge is 0.306 e. The zero-order valence-electron chi connectivity index (χ0n) is 50.9. The molecule has 0 radical (unpaired) electrons. The lowest BCUT2D eigenvalue weighted by Crippen LogP contribution is -2.47. The topological polar surface area (TPSA) is 114 Å². The number of quaternary nitrogens is 1. The molecule has 3 unspecified atom stereocenters. The number of likely N-dealkylation sites (N-methyl/N-ethyl adjacent to an activating group) is 1. The minimum absolute atomic E-state index is 0.0286. The van der Waals surface area contributed by atoms with Crippen molar-refractivity contribution in [2.45, 2.75) is 290 Å². The average Bonchev–Trinajstić information content (AvgIpc) is 3.39. The van der Waals surface area contributed by atoms with E-state index in [2.05, 4.69) is 99.0 Å². The number of amides is 1. The molecule has 9 nitrogen and oxygen atoms in total. The van der Waals surface area contributed by atoms with Crippen molar-refractivity contribution < 1.29 is 37.3 Å². The summed E-state index contributed by atoms with van der Waals surface area (Å²) in [5, 5.41) is 3.02. The Morgan fingerprint density at radius 2 is 0.883 bits per heavy atom. The SMILES string of the molecule is CC/C=C/C=C/C=C\CCCCCCCC(=O)OC(/C=C\CCCCCCCCCCC)C(COP(=O)([O-])OCC[N+](C)(C)C)NC(=O)CCCCCCCCCCCCCCCC/C=C\C/C=C\C/C=C\CCCCC. The van der Waals surface area contributed by atoms with Gasteiger partial charge in [-0.25, -0.2) is 0 Å². The van der Waals surface area contributed by atoms with E-state index in [9.17, 15) is 19.0 Å². The number of carbonyl (C=O) groups excluding carboxylic acids is 2. The Labute approximate surface area is 476 Å². The lowest BCUT2D eigenvalue weighted by atomic mass is 10.0. The van der Waals surface area contributed by atoms with Crippen LogP contribution in [0.1, 0.15) is 278 Å². The molecule has 0 aliphatic carbocycles. The zero-order chi connectivity index (χ0) is 56.4. The number of rotatable bonds is 57. The van der Waals surface area contributed by atoms with E-state index in [0.29, 0.717) is 23.9 Å². The summed E-state index contributed by atoms with van der Waals surface area (Å²) in [6.07, 6.45) is 74.2. The van der Waals surface area contributed by atoms with Gasteiger partial charge in [-0.15, -0.1) is 0 Å². The number of nitrogens with zero attached hydrogens (tertiary/aromatic N) is 1. The monoisotopic (exact) mass is 1100 g/mol. The predicted octanol–water partition coefficient (Wildman–Crippen LogP) is 19.1. The third kappa shape index (κ3) is 57.7. The third-order valence-corrected chi connectivity index (χ3v) is 14.8. The maximum absolute atomic E-state index is 13.5. The van der Waals surface area contributed by atoms with Gasteiger partial charge >= 0.3 is 5.97 Å². The molecule has 0 aliphatic heterocycles. The van der Waals surface area contributed by atoms with Gasteiger partial charge in [0.2, 0.25) is 5.91 Å². The second-order valence-corrected chi connectivity index (χ2v) is 24.0. The first-order valence-electron chi connectivity index (χ1n) is 31.9. The van der Waals surface area contributed by atoms with E-state index in [4.69, 9.17) is 13.8 Å². The van der Waals surface area contributed by atoms with Crippen molar-refractivity contribution in [2.75, 3.05) is 40.9 Å². The van der Waals surface area contributed by atoms with Crippen LogP contribution in [0, 0.1) is 0 Å². The minimum atomic E-state index is -4.70. The van der Waals surface area contributed by atoms with E-state index < -0.39 is 26.6 Å². The highest BCUT2D eigenvalue weighted by Gasteiger charge is 2.27. The summed E-state index contributed by atoms with van der Waals surface area (Å²) in [6.45, 7) is 6.67. The van der Waals surface area contributed by atoms with Crippen LogP contribution in [0.25, 0.3) is 0 Å². The van der Waals surface area contributed by atoms with Crippen LogP contribution in [0.4, 0.5) is 0 Å². The van der Waals surface area contributed by atoms with Crippen LogP contribution < -0.4 is 10.2 Å². The Balaban J connectivity index is 5.02. The van der Waals surface area contributed by atoms with Crippen LogP contribution in [0.3, 0.4) is 0 Å². The lowest BCUT2D eigenvalue weighted by Gasteiger charge is -2.30. The molecule has 0 bridgehead atoms. The summed E-state index contributed by atoms with van der Waals surface area (Å²) in [7, 11) is 1.17. The van der Waals surface area contributed by atoms with E-state index in [1.54, 1.807) is 0 Å². The summed E-state index contributed by atoms with van der Waals surface area (Å²) >= 11 is 0.